The lowest BCUT2D eigenvalue weighted by atomic mass is 10.2. The molecule has 2 rings (SSSR count). The Morgan fingerprint density at radius 1 is 1.28 bits per heavy atom. The standard InChI is InChI=1S/C20H31ClN4O4/c1-3-11-28-12-13-29-20-24-18(22-2)17(19(27)23-9-4-10-26)25(20)14-15-5-7-16(21)8-6-15/h5-8,20,22,24,26H,3-4,9-14H2,1-2H3,(H,23,27). The largest absolute Gasteiger partial charge is 0.396 e. The molecule has 1 unspecified atom stereocenters. The average Bonchev–Trinajstić information content (AvgIpc) is 3.07. The van der Waals surface area contributed by atoms with Crippen molar-refractivity contribution in [1.82, 2.24) is 20.9 Å². The molecule has 0 radical (unpaired) electrons. The topological polar surface area (TPSA) is 95.1 Å². The lowest BCUT2D eigenvalue weighted by Crippen LogP contribution is -2.43. The summed E-state index contributed by atoms with van der Waals surface area (Å²) in [7, 11) is 1.75. The van der Waals surface area contributed by atoms with Gasteiger partial charge in [0, 0.05) is 38.4 Å². The van der Waals surface area contributed by atoms with Gasteiger partial charge < -0.3 is 35.4 Å². The van der Waals surface area contributed by atoms with Gasteiger partial charge in [-0.25, -0.2) is 0 Å². The van der Waals surface area contributed by atoms with Gasteiger partial charge in [-0.3, -0.25) is 4.79 Å². The number of nitrogens with zero attached hydrogens (tertiary/aromatic N) is 1. The number of ether oxygens (including phenoxy) is 2. The van der Waals surface area contributed by atoms with Crippen LogP contribution in [0.2, 0.25) is 5.02 Å². The van der Waals surface area contributed by atoms with Gasteiger partial charge in [0.05, 0.1) is 13.2 Å². The van der Waals surface area contributed by atoms with Crippen LogP contribution >= 0.6 is 11.6 Å². The quantitative estimate of drug-likeness (QED) is 0.354. The third-order valence-electron chi connectivity index (χ3n) is 4.28. The van der Waals surface area contributed by atoms with Gasteiger partial charge >= 0.3 is 0 Å². The van der Waals surface area contributed by atoms with E-state index >= 15 is 0 Å². The molecule has 1 aliphatic heterocycles. The van der Waals surface area contributed by atoms with Crippen LogP contribution in [-0.4, -0.2) is 62.3 Å². The zero-order chi connectivity index (χ0) is 21.1. The molecule has 1 aromatic carbocycles. The normalized spacial score (nSPS) is 16.1. The molecule has 0 fully saturated rings. The highest BCUT2D eigenvalue weighted by atomic mass is 35.5. The number of halogens is 1. The molecule has 0 saturated carbocycles. The third-order valence-corrected chi connectivity index (χ3v) is 4.53. The lowest BCUT2D eigenvalue weighted by molar-refractivity contribution is -0.122. The lowest BCUT2D eigenvalue weighted by Gasteiger charge is -2.28. The van der Waals surface area contributed by atoms with Gasteiger partial charge in [-0.2, -0.15) is 0 Å². The molecule has 8 nitrogen and oxygen atoms in total. The first-order chi connectivity index (χ1) is 14.1. The fraction of sp³-hybridized carbons (Fsp3) is 0.550. The fourth-order valence-electron chi connectivity index (χ4n) is 2.88. The molecule has 1 atom stereocenters. The van der Waals surface area contributed by atoms with Gasteiger partial charge in [-0.1, -0.05) is 30.7 Å². The molecule has 1 amide bonds. The molecule has 0 aliphatic carbocycles. The van der Waals surface area contributed by atoms with Crippen LogP contribution in [0.15, 0.2) is 35.8 Å². The zero-order valence-electron chi connectivity index (χ0n) is 17.0. The molecule has 0 saturated heterocycles. The van der Waals surface area contributed by atoms with Gasteiger partial charge in [0.25, 0.3) is 5.91 Å². The molecular formula is C20H31ClN4O4. The summed E-state index contributed by atoms with van der Waals surface area (Å²) in [6, 6.07) is 7.47. The highest BCUT2D eigenvalue weighted by Gasteiger charge is 2.35. The van der Waals surface area contributed by atoms with Crippen LogP contribution in [0.4, 0.5) is 0 Å². The van der Waals surface area contributed by atoms with E-state index in [9.17, 15) is 4.79 Å². The smallest absolute Gasteiger partial charge is 0.271 e. The Balaban J connectivity index is 2.14. The predicted molar refractivity (Wildman–Crippen MR) is 112 cm³/mol. The SMILES string of the molecule is CCCOCCOC1NC(NC)=C(C(=O)NCCCO)N1Cc1ccc(Cl)cc1. The van der Waals surface area contributed by atoms with Crippen LogP contribution < -0.4 is 16.0 Å². The van der Waals surface area contributed by atoms with Crippen molar-refractivity contribution in [2.24, 2.45) is 0 Å². The number of carbonyl (C=O) groups excluding carboxylic acids is 1. The van der Waals surface area contributed by atoms with Gasteiger partial charge in [-0.15, -0.1) is 0 Å². The van der Waals surface area contributed by atoms with E-state index in [1.54, 1.807) is 7.05 Å². The number of hydrogen-bond donors (Lipinski definition) is 4. The molecule has 0 aromatic heterocycles. The zero-order valence-corrected chi connectivity index (χ0v) is 17.8. The second kappa shape index (κ2) is 12.5. The highest BCUT2D eigenvalue weighted by molar-refractivity contribution is 6.30. The van der Waals surface area contributed by atoms with Crippen molar-refractivity contribution in [3.63, 3.8) is 0 Å². The summed E-state index contributed by atoms with van der Waals surface area (Å²) < 4.78 is 11.4. The van der Waals surface area contributed by atoms with Crippen molar-refractivity contribution in [3.8, 4) is 0 Å². The van der Waals surface area contributed by atoms with Gasteiger partial charge in [0.2, 0.25) is 6.35 Å². The second-order valence-electron chi connectivity index (χ2n) is 6.54. The molecular weight excluding hydrogens is 396 g/mol. The molecule has 1 heterocycles. The molecule has 4 N–H and O–H groups in total. The first kappa shape index (κ1) is 23.3. The first-order valence-corrected chi connectivity index (χ1v) is 10.3. The minimum atomic E-state index is -0.517. The Bertz CT molecular complexity index is 669. The summed E-state index contributed by atoms with van der Waals surface area (Å²) in [5.41, 5.74) is 1.45. The maximum atomic E-state index is 12.8. The van der Waals surface area contributed by atoms with E-state index in [1.807, 2.05) is 29.2 Å². The summed E-state index contributed by atoms with van der Waals surface area (Å²) in [5.74, 6) is 0.345. The number of nitrogens with one attached hydrogen (secondary N) is 3. The Hall–Kier alpha value is -2.00. The minimum absolute atomic E-state index is 0.0223. The van der Waals surface area contributed by atoms with E-state index in [-0.39, 0.29) is 12.5 Å². The number of amides is 1. The average molecular weight is 427 g/mol. The van der Waals surface area contributed by atoms with E-state index < -0.39 is 6.35 Å². The van der Waals surface area contributed by atoms with E-state index in [1.165, 1.54) is 0 Å². The Morgan fingerprint density at radius 2 is 2.03 bits per heavy atom. The molecule has 29 heavy (non-hydrogen) atoms. The number of carbonyl (C=O) groups is 1. The van der Waals surface area contributed by atoms with Gasteiger partial charge in [-0.05, 0) is 30.5 Å². The van der Waals surface area contributed by atoms with E-state index in [4.69, 9.17) is 26.2 Å². The van der Waals surface area contributed by atoms with E-state index in [0.29, 0.717) is 55.9 Å². The van der Waals surface area contributed by atoms with Crippen molar-refractivity contribution in [2.75, 3.05) is 40.0 Å². The van der Waals surface area contributed by atoms with E-state index in [2.05, 4.69) is 22.9 Å². The third kappa shape index (κ3) is 7.08. The van der Waals surface area contributed by atoms with Crippen LogP contribution in [0.1, 0.15) is 25.3 Å². The summed E-state index contributed by atoms with van der Waals surface area (Å²) in [4.78, 5) is 14.7. The maximum Gasteiger partial charge on any atom is 0.271 e. The number of hydrogen-bond acceptors (Lipinski definition) is 7. The molecule has 1 aromatic rings. The van der Waals surface area contributed by atoms with Crippen LogP contribution in [0, 0.1) is 0 Å². The summed E-state index contributed by atoms with van der Waals surface area (Å²) >= 11 is 5.99. The van der Waals surface area contributed by atoms with Crippen molar-refractivity contribution in [2.45, 2.75) is 32.7 Å². The Labute approximate surface area is 177 Å². The van der Waals surface area contributed by atoms with Gasteiger partial charge in [0.15, 0.2) is 0 Å². The first-order valence-electron chi connectivity index (χ1n) is 9.88. The molecule has 162 valence electrons. The maximum absolute atomic E-state index is 12.8. The highest BCUT2D eigenvalue weighted by Crippen LogP contribution is 2.23. The Kier molecular flexibility index (Phi) is 10.1. The van der Waals surface area contributed by atoms with Crippen molar-refractivity contribution in [1.29, 1.82) is 0 Å². The number of benzene rings is 1. The predicted octanol–water partition coefficient (Wildman–Crippen LogP) is 1.36. The summed E-state index contributed by atoms with van der Waals surface area (Å²) in [6.45, 7) is 4.49. The van der Waals surface area contributed by atoms with Crippen LogP contribution in [0.3, 0.4) is 0 Å². The molecule has 9 heteroatoms. The minimum Gasteiger partial charge on any atom is -0.396 e. The number of aliphatic hydroxyl groups is 1. The van der Waals surface area contributed by atoms with Crippen molar-refractivity contribution < 1.29 is 19.4 Å². The molecule has 1 aliphatic rings. The molecule has 0 spiro atoms. The van der Waals surface area contributed by atoms with E-state index in [0.717, 1.165) is 12.0 Å². The van der Waals surface area contributed by atoms with Crippen LogP contribution in [-0.2, 0) is 20.8 Å². The fourth-order valence-corrected chi connectivity index (χ4v) is 3.00. The van der Waals surface area contributed by atoms with Crippen LogP contribution in [0.5, 0.6) is 0 Å². The summed E-state index contributed by atoms with van der Waals surface area (Å²) in [6.07, 6.45) is 0.929. The number of rotatable bonds is 13. The second-order valence-corrected chi connectivity index (χ2v) is 6.98. The van der Waals surface area contributed by atoms with Gasteiger partial charge in [0.1, 0.15) is 11.5 Å². The Morgan fingerprint density at radius 3 is 2.69 bits per heavy atom. The number of aliphatic hydroxyl groups excluding tert-OH is 1. The van der Waals surface area contributed by atoms with Crippen molar-refractivity contribution in [3.05, 3.63) is 46.4 Å². The molecule has 0 bridgehead atoms. The monoisotopic (exact) mass is 426 g/mol. The van der Waals surface area contributed by atoms with Crippen molar-refractivity contribution >= 4 is 17.5 Å². The summed E-state index contributed by atoms with van der Waals surface area (Å²) in [5, 5.41) is 18.7. The van der Waals surface area contributed by atoms with Crippen LogP contribution in [0.25, 0.3) is 0 Å².